The lowest BCUT2D eigenvalue weighted by atomic mass is 10.3. The van der Waals surface area contributed by atoms with E-state index in [0.717, 1.165) is 10.2 Å². The number of hydrogen-bond donors (Lipinski definition) is 1. The van der Waals surface area contributed by atoms with Gasteiger partial charge in [0.2, 0.25) is 0 Å². The minimum Gasteiger partial charge on any atom is -0.486 e. The van der Waals surface area contributed by atoms with Crippen molar-refractivity contribution in [2.45, 2.75) is 6.61 Å². The second-order valence-electron chi connectivity index (χ2n) is 4.95. The minimum absolute atomic E-state index is 0.195. The van der Waals surface area contributed by atoms with Crippen LogP contribution in [-0.2, 0) is 6.61 Å². The molecule has 1 aromatic heterocycles. The average molecular weight is 407 g/mol. The van der Waals surface area contributed by atoms with Gasteiger partial charge in [-0.15, -0.1) is 0 Å². The molecule has 4 nitrogen and oxygen atoms in total. The van der Waals surface area contributed by atoms with E-state index in [1.807, 2.05) is 30.3 Å². The van der Waals surface area contributed by atoms with Gasteiger partial charge in [-0.25, -0.2) is 0 Å². The Morgan fingerprint density at radius 3 is 2.67 bits per heavy atom. The van der Waals surface area contributed by atoms with Gasteiger partial charge in [0, 0.05) is 4.47 Å². The standard InChI is InChI=1S/C18H13BrClNO3/c19-12-6-8-16(15(20)10-12)21-18(22)17-9-7-14(24-17)11-23-13-4-2-1-3-5-13/h1-10H,11H2,(H,21,22). The highest BCUT2D eigenvalue weighted by atomic mass is 79.9. The second-order valence-corrected chi connectivity index (χ2v) is 6.27. The fourth-order valence-electron chi connectivity index (χ4n) is 2.02. The molecule has 0 radical (unpaired) electrons. The van der Waals surface area contributed by atoms with Crippen LogP contribution < -0.4 is 10.1 Å². The largest absolute Gasteiger partial charge is 0.486 e. The van der Waals surface area contributed by atoms with Crippen molar-refractivity contribution < 1.29 is 13.9 Å². The van der Waals surface area contributed by atoms with Crippen LogP contribution in [0.15, 0.2) is 69.6 Å². The van der Waals surface area contributed by atoms with E-state index >= 15 is 0 Å². The molecule has 0 aliphatic heterocycles. The predicted octanol–water partition coefficient (Wildman–Crippen LogP) is 5.53. The maximum absolute atomic E-state index is 12.2. The zero-order chi connectivity index (χ0) is 16.9. The Labute approximate surface area is 152 Å². The van der Waals surface area contributed by atoms with E-state index in [0.29, 0.717) is 16.5 Å². The molecule has 1 heterocycles. The summed E-state index contributed by atoms with van der Waals surface area (Å²) >= 11 is 9.41. The molecule has 3 aromatic rings. The van der Waals surface area contributed by atoms with Crippen LogP contribution in [0.1, 0.15) is 16.3 Å². The van der Waals surface area contributed by atoms with Crippen LogP contribution in [0, 0.1) is 0 Å². The Morgan fingerprint density at radius 2 is 1.92 bits per heavy atom. The van der Waals surface area contributed by atoms with Crippen molar-refractivity contribution in [1.82, 2.24) is 0 Å². The zero-order valence-corrected chi connectivity index (χ0v) is 14.8. The summed E-state index contributed by atoms with van der Waals surface area (Å²) < 4.78 is 11.9. The van der Waals surface area contributed by atoms with Gasteiger partial charge in [-0.1, -0.05) is 45.7 Å². The number of ether oxygens (including phenoxy) is 1. The minimum atomic E-state index is -0.370. The third kappa shape index (κ3) is 4.19. The molecule has 0 aliphatic carbocycles. The van der Waals surface area contributed by atoms with Crippen molar-refractivity contribution in [3.8, 4) is 5.75 Å². The van der Waals surface area contributed by atoms with E-state index in [-0.39, 0.29) is 18.3 Å². The van der Waals surface area contributed by atoms with E-state index in [1.165, 1.54) is 0 Å². The zero-order valence-electron chi connectivity index (χ0n) is 12.5. The third-order valence-electron chi connectivity index (χ3n) is 3.19. The summed E-state index contributed by atoms with van der Waals surface area (Å²) in [6.07, 6.45) is 0. The third-order valence-corrected chi connectivity index (χ3v) is 4.00. The molecule has 3 rings (SSSR count). The van der Waals surface area contributed by atoms with Crippen LogP contribution in [0.4, 0.5) is 5.69 Å². The highest BCUT2D eigenvalue weighted by molar-refractivity contribution is 9.10. The number of anilines is 1. The maximum atomic E-state index is 12.2. The van der Waals surface area contributed by atoms with E-state index in [9.17, 15) is 4.79 Å². The molecule has 0 aliphatic rings. The Kier molecular flexibility index (Phi) is 5.23. The van der Waals surface area contributed by atoms with Gasteiger partial charge in [-0.2, -0.15) is 0 Å². The van der Waals surface area contributed by atoms with Crippen molar-refractivity contribution in [3.05, 3.63) is 81.7 Å². The van der Waals surface area contributed by atoms with Gasteiger partial charge in [0.05, 0.1) is 10.7 Å². The number of halogens is 2. The molecule has 0 unspecified atom stereocenters. The molecule has 0 saturated carbocycles. The first kappa shape index (κ1) is 16.6. The molecule has 0 saturated heterocycles. The van der Waals surface area contributed by atoms with E-state index in [1.54, 1.807) is 30.3 Å². The number of hydrogen-bond acceptors (Lipinski definition) is 3. The van der Waals surface area contributed by atoms with Crippen LogP contribution in [0.25, 0.3) is 0 Å². The van der Waals surface area contributed by atoms with Gasteiger partial charge in [-0.05, 0) is 42.5 Å². The summed E-state index contributed by atoms with van der Waals surface area (Å²) in [7, 11) is 0. The van der Waals surface area contributed by atoms with Gasteiger partial charge in [-0.3, -0.25) is 4.79 Å². The molecular weight excluding hydrogens is 394 g/mol. The number of para-hydroxylation sites is 1. The van der Waals surface area contributed by atoms with Gasteiger partial charge in [0.1, 0.15) is 18.1 Å². The SMILES string of the molecule is O=C(Nc1ccc(Br)cc1Cl)c1ccc(COc2ccccc2)o1. The highest BCUT2D eigenvalue weighted by Crippen LogP contribution is 2.26. The lowest BCUT2D eigenvalue weighted by molar-refractivity contribution is 0.0992. The van der Waals surface area contributed by atoms with Gasteiger partial charge >= 0.3 is 0 Å². The Bertz CT molecular complexity index is 848. The second kappa shape index (κ2) is 7.55. The van der Waals surface area contributed by atoms with Crippen LogP contribution >= 0.6 is 27.5 Å². The lowest BCUT2D eigenvalue weighted by Crippen LogP contribution is -2.11. The summed E-state index contributed by atoms with van der Waals surface area (Å²) in [5.41, 5.74) is 0.517. The Hall–Kier alpha value is -2.24. The number of benzene rings is 2. The van der Waals surface area contributed by atoms with Crippen LogP contribution in [0.2, 0.25) is 5.02 Å². The van der Waals surface area contributed by atoms with Crippen molar-refractivity contribution in [2.24, 2.45) is 0 Å². The number of rotatable bonds is 5. The number of nitrogens with one attached hydrogen (secondary N) is 1. The maximum Gasteiger partial charge on any atom is 0.291 e. The van der Waals surface area contributed by atoms with Crippen molar-refractivity contribution in [3.63, 3.8) is 0 Å². The molecule has 2 aromatic carbocycles. The fraction of sp³-hybridized carbons (Fsp3) is 0.0556. The summed E-state index contributed by atoms with van der Waals surface area (Å²) in [5.74, 6) is 1.12. The molecule has 0 spiro atoms. The first-order valence-corrected chi connectivity index (χ1v) is 8.32. The summed E-state index contributed by atoms with van der Waals surface area (Å²) in [4.78, 5) is 12.2. The molecule has 122 valence electrons. The van der Waals surface area contributed by atoms with Crippen molar-refractivity contribution >= 4 is 39.1 Å². The van der Waals surface area contributed by atoms with Crippen LogP contribution in [-0.4, -0.2) is 5.91 Å². The fourth-order valence-corrected chi connectivity index (χ4v) is 2.74. The number of amides is 1. The highest BCUT2D eigenvalue weighted by Gasteiger charge is 2.13. The predicted molar refractivity (Wildman–Crippen MR) is 96.6 cm³/mol. The Morgan fingerprint density at radius 1 is 1.12 bits per heavy atom. The summed E-state index contributed by atoms with van der Waals surface area (Å²) in [6, 6.07) is 17.9. The molecule has 0 bridgehead atoms. The van der Waals surface area contributed by atoms with Crippen LogP contribution in [0.3, 0.4) is 0 Å². The normalized spacial score (nSPS) is 10.4. The van der Waals surface area contributed by atoms with Gasteiger partial charge < -0.3 is 14.5 Å². The topological polar surface area (TPSA) is 51.5 Å². The first-order valence-electron chi connectivity index (χ1n) is 7.15. The van der Waals surface area contributed by atoms with Crippen molar-refractivity contribution in [1.29, 1.82) is 0 Å². The monoisotopic (exact) mass is 405 g/mol. The van der Waals surface area contributed by atoms with Gasteiger partial charge in [0.25, 0.3) is 5.91 Å². The van der Waals surface area contributed by atoms with Crippen molar-refractivity contribution in [2.75, 3.05) is 5.32 Å². The van der Waals surface area contributed by atoms with Gasteiger partial charge in [0.15, 0.2) is 5.76 Å². The number of carbonyl (C=O) groups excluding carboxylic acids is 1. The molecule has 6 heteroatoms. The summed E-state index contributed by atoms with van der Waals surface area (Å²) in [6.45, 7) is 0.246. The number of carbonyl (C=O) groups is 1. The molecule has 1 N–H and O–H groups in total. The lowest BCUT2D eigenvalue weighted by Gasteiger charge is -2.06. The van der Waals surface area contributed by atoms with Crippen LogP contribution in [0.5, 0.6) is 5.75 Å². The first-order chi connectivity index (χ1) is 11.6. The van der Waals surface area contributed by atoms with E-state index < -0.39 is 0 Å². The molecule has 0 fully saturated rings. The summed E-state index contributed by atoms with van der Waals surface area (Å²) in [5, 5.41) is 3.16. The molecular formula is C18H13BrClNO3. The Balaban J connectivity index is 1.63. The smallest absolute Gasteiger partial charge is 0.291 e. The molecule has 1 amide bonds. The molecule has 24 heavy (non-hydrogen) atoms. The van der Waals surface area contributed by atoms with E-state index in [4.69, 9.17) is 20.8 Å². The quantitative estimate of drug-likeness (QED) is 0.606. The van der Waals surface area contributed by atoms with E-state index in [2.05, 4.69) is 21.2 Å². The average Bonchev–Trinajstić information content (AvgIpc) is 3.05. The molecule has 0 atom stereocenters. The number of furan rings is 1.